The first kappa shape index (κ1) is 16.1. The molecule has 0 saturated heterocycles. The lowest BCUT2D eigenvalue weighted by Crippen LogP contribution is -2.19. The molecule has 0 atom stereocenters. The molecule has 0 aromatic heterocycles. The van der Waals surface area contributed by atoms with Gasteiger partial charge in [0.05, 0.1) is 4.92 Å². The van der Waals surface area contributed by atoms with Gasteiger partial charge in [-0.1, -0.05) is 24.9 Å². The average molecular weight is 298 g/mol. The second-order valence-corrected chi connectivity index (χ2v) is 4.72. The number of hydrazone groups is 1. The molecule has 7 heteroatoms. The van der Waals surface area contributed by atoms with Crippen molar-refractivity contribution in [1.82, 2.24) is 5.43 Å². The fourth-order valence-corrected chi connectivity index (χ4v) is 1.68. The van der Waals surface area contributed by atoms with Gasteiger partial charge < -0.3 is 0 Å². The second kappa shape index (κ2) is 7.59. The first-order chi connectivity index (χ1) is 9.45. The van der Waals surface area contributed by atoms with E-state index in [1.165, 1.54) is 12.1 Å². The van der Waals surface area contributed by atoms with Crippen LogP contribution >= 0.6 is 11.6 Å². The number of unbranched alkanes of at least 4 members (excludes halogenated alkanes) is 1. The number of hydrogen-bond donors (Lipinski definition) is 1. The van der Waals surface area contributed by atoms with Crippen LogP contribution in [0, 0.1) is 10.1 Å². The lowest BCUT2D eigenvalue weighted by Gasteiger charge is -2.03. The van der Waals surface area contributed by atoms with Crippen LogP contribution in [-0.2, 0) is 0 Å². The highest BCUT2D eigenvalue weighted by atomic mass is 35.5. The van der Waals surface area contributed by atoms with Gasteiger partial charge in [0, 0.05) is 17.3 Å². The lowest BCUT2D eigenvalue weighted by atomic mass is 10.2. The van der Waals surface area contributed by atoms with Crippen LogP contribution in [0.25, 0.3) is 0 Å². The third-order valence-corrected chi connectivity index (χ3v) is 2.97. The highest BCUT2D eigenvalue weighted by Gasteiger charge is 2.15. The van der Waals surface area contributed by atoms with Crippen LogP contribution < -0.4 is 5.43 Å². The van der Waals surface area contributed by atoms with Crippen LogP contribution in [0.3, 0.4) is 0 Å². The van der Waals surface area contributed by atoms with Crippen molar-refractivity contribution in [2.24, 2.45) is 5.10 Å². The number of rotatable bonds is 6. The molecule has 1 N–H and O–H groups in total. The van der Waals surface area contributed by atoms with Gasteiger partial charge in [0.25, 0.3) is 11.6 Å². The second-order valence-electron chi connectivity index (χ2n) is 4.31. The zero-order valence-corrected chi connectivity index (χ0v) is 12.1. The number of carbonyl (C=O) groups excluding carboxylic acids is 1. The van der Waals surface area contributed by atoms with Crippen molar-refractivity contribution < 1.29 is 9.72 Å². The Balaban J connectivity index is 2.78. The van der Waals surface area contributed by atoms with E-state index in [0.717, 1.165) is 31.0 Å². The highest BCUT2D eigenvalue weighted by molar-refractivity contribution is 6.32. The number of nitrogens with one attached hydrogen (secondary N) is 1. The van der Waals surface area contributed by atoms with E-state index in [9.17, 15) is 14.9 Å². The zero-order valence-electron chi connectivity index (χ0n) is 11.4. The summed E-state index contributed by atoms with van der Waals surface area (Å²) in [5.41, 5.74) is 3.03. The van der Waals surface area contributed by atoms with Gasteiger partial charge >= 0.3 is 0 Å². The molecule has 0 unspecified atom stereocenters. The van der Waals surface area contributed by atoms with Crippen molar-refractivity contribution in [3.8, 4) is 0 Å². The molecule has 0 bridgehead atoms. The van der Waals surface area contributed by atoms with E-state index in [4.69, 9.17) is 11.6 Å². The maximum atomic E-state index is 11.8. The van der Waals surface area contributed by atoms with Crippen LogP contribution in [0.5, 0.6) is 0 Å². The molecule has 0 spiro atoms. The number of nitrogens with zero attached hydrogens (tertiary/aromatic N) is 2. The summed E-state index contributed by atoms with van der Waals surface area (Å²) >= 11 is 5.68. The molecule has 20 heavy (non-hydrogen) atoms. The Morgan fingerprint density at radius 1 is 1.50 bits per heavy atom. The Labute approximate surface area is 122 Å². The largest absolute Gasteiger partial charge is 0.288 e. The molecule has 1 amide bonds. The van der Waals surface area contributed by atoms with Gasteiger partial charge in [-0.05, 0) is 31.9 Å². The number of nitro groups is 1. The summed E-state index contributed by atoms with van der Waals surface area (Å²) in [4.78, 5) is 21.9. The maximum Gasteiger partial charge on any atom is 0.288 e. The summed E-state index contributed by atoms with van der Waals surface area (Å²) in [6.45, 7) is 3.89. The quantitative estimate of drug-likeness (QED) is 0.495. The monoisotopic (exact) mass is 297 g/mol. The summed E-state index contributed by atoms with van der Waals surface area (Å²) in [6.07, 6.45) is 2.85. The molecule has 0 aliphatic heterocycles. The van der Waals surface area contributed by atoms with Crippen LogP contribution in [-0.4, -0.2) is 16.5 Å². The minimum absolute atomic E-state index is 0.00539. The van der Waals surface area contributed by atoms with E-state index in [0.29, 0.717) is 0 Å². The molecule has 6 nitrogen and oxygen atoms in total. The van der Waals surface area contributed by atoms with Gasteiger partial charge in [-0.2, -0.15) is 5.10 Å². The Morgan fingerprint density at radius 2 is 2.20 bits per heavy atom. The van der Waals surface area contributed by atoms with Gasteiger partial charge in [0.15, 0.2) is 0 Å². The lowest BCUT2D eigenvalue weighted by molar-refractivity contribution is -0.384. The summed E-state index contributed by atoms with van der Waals surface area (Å²) in [5.74, 6) is -0.499. The molecule has 1 rings (SSSR count). The number of benzene rings is 1. The highest BCUT2D eigenvalue weighted by Crippen LogP contribution is 2.24. The van der Waals surface area contributed by atoms with Crippen LogP contribution in [0.15, 0.2) is 23.3 Å². The summed E-state index contributed by atoms with van der Waals surface area (Å²) in [7, 11) is 0. The Morgan fingerprint density at radius 3 is 2.80 bits per heavy atom. The molecule has 0 radical (unpaired) electrons. The number of nitro benzene ring substituents is 1. The Bertz CT molecular complexity index is 544. The zero-order chi connectivity index (χ0) is 15.1. The fourth-order valence-electron chi connectivity index (χ4n) is 1.49. The minimum Gasteiger partial charge on any atom is -0.267 e. The normalized spacial score (nSPS) is 11.2. The van der Waals surface area contributed by atoms with Crippen LogP contribution in [0.1, 0.15) is 43.5 Å². The van der Waals surface area contributed by atoms with Crippen molar-refractivity contribution >= 4 is 28.9 Å². The summed E-state index contributed by atoms with van der Waals surface area (Å²) in [5, 5.41) is 14.7. The predicted octanol–water partition coefficient (Wildman–Crippen LogP) is 3.54. The average Bonchev–Trinajstić information content (AvgIpc) is 2.42. The van der Waals surface area contributed by atoms with E-state index in [2.05, 4.69) is 17.5 Å². The Kier molecular flexibility index (Phi) is 6.11. The van der Waals surface area contributed by atoms with E-state index in [1.807, 2.05) is 6.92 Å². The van der Waals surface area contributed by atoms with Gasteiger partial charge in [0.1, 0.15) is 5.02 Å². The third-order valence-electron chi connectivity index (χ3n) is 2.65. The first-order valence-electron chi connectivity index (χ1n) is 6.23. The molecule has 108 valence electrons. The molecule has 0 heterocycles. The SMILES string of the molecule is CCCC/C(C)=N/NC(=O)c1ccc(Cl)c([N+](=O)[O-])c1. The fraction of sp³-hybridized carbons (Fsp3) is 0.385. The maximum absolute atomic E-state index is 11.8. The van der Waals surface area contributed by atoms with Crippen molar-refractivity contribution in [3.05, 3.63) is 38.9 Å². The van der Waals surface area contributed by atoms with E-state index in [1.54, 1.807) is 0 Å². The minimum atomic E-state index is -0.630. The topological polar surface area (TPSA) is 84.6 Å². The summed E-state index contributed by atoms with van der Waals surface area (Å²) in [6, 6.07) is 3.87. The van der Waals surface area contributed by atoms with E-state index < -0.39 is 10.8 Å². The molecular weight excluding hydrogens is 282 g/mol. The van der Waals surface area contributed by atoms with Crippen LogP contribution in [0.2, 0.25) is 5.02 Å². The third kappa shape index (κ3) is 4.62. The van der Waals surface area contributed by atoms with Crippen LogP contribution in [0.4, 0.5) is 5.69 Å². The first-order valence-corrected chi connectivity index (χ1v) is 6.61. The van der Waals surface area contributed by atoms with E-state index in [-0.39, 0.29) is 16.3 Å². The predicted molar refractivity (Wildman–Crippen MR) is 78.2 cm³/mol. The summed E-state index contributed by atoms with van der Waals surface area (Å²) < 4.78 is 0. The molecule has 0 aliphatic carbocycles. The Hall–Kier alpha value is -1.95. The molecule has 0 aliphatic rings. The number of hydrogen-bond acceptors (Lipinski definition) is 4. The van der Waals surface area contributed by atoms with Crippen molar-refractivity contribution in [1.29, 1.82) is 0 Å². The van der Waals surface area contributed by atoms with Crippen molar-refractivity contribution in [3.63, 3.8) is 0 Å². The van der Waals surface area contributed by atoms with Gasteiger partial charge in [-0.25, -0.2) is 5.43 Å². The van der Waals surface area contributed by atoms with E-state index >= 15 is 0 Å². The van der Waals surface area contributed by atoms with Crippen molar-refractivity contribution in [2.75, 3.05) is 0 Å². The molecule has 1 aromatic carbocycles. The smallest absolute Gasteiger partial charge is 0.267 e. The van der Waals surface area contributed by atoms with Gasteiger partial charge in [-0.15, -0.1) is 0 Å². The molecule has 0 saturated carbocycles. The molecular formula is C13H16ClN3O3. The van der Waals surface area contributed by atoms with Gasteiger partial charge in [0.2, 0.25) is 0 Å². The standard InChI is InChI=1S/C13H16ClN3O3/c1-3-4-5-9(2)15-16-13(18)10-6-7-11(14)12(8-10)17(19)20/h6-8H,3-5H2,1-2H3,(H,16,18)/b15-9+. The molecule has 1 aromatic rings. The van der Waals surface area contributed by atoms with Gasteiger partial charge in [-0.3, -0.25) is 14.9 Å². The number of carbonyl (C=O) groups is 1. The van der Waals surface area contributed by atoms with Crippen molar-refractivity contribution in [2.45, 2.75) is 33.1 Å². The molecule has 0 fully saturated rings. The number of amides is 1. The number of halogens is 1.